The summed E-state index contributed by atoms with van der Waals surface area (Å²) in [6.45, 7) is 3.05. The lowest BCUT2D eigenvalue weighted by Gasteiger charge is -2.18. The minimum absolute atomic E-state index is 0.305. The van der Waals surface area contributed by atoms with Gasteiger partial charge in [-0.15, -0.1) is 0 Å². The molecule has 18 heavy (non-hydrogen) atoms. The van der Waals surface area contributed by atoms with Crippen molar-refractivity contribution in [3.8, 4) is 0 Å². The highest BCUT2D eigenvalue weighted by atomic mass is 19.4. The van der Waals surface area contributed by atoms with Crippen LogP contribution >= 0.6 is 0 Å². The van der Waals surface area contributed by atoms with E-state index in [1.807, 2.05) is 31.2 Å². The topological polar surface area (TPSA) is 15.3 Å². The first-order valence-electron chi connectivity index (χ1n) is 5.94. The van der Waals surface area contributed by atoms with E-state index in [4.69, 9.17) is 0 Å². The van der Waals surface area contributed by atoms with Gasteiger partial charge in [-0.3, -0.25) is 4.90 Å². The molecule has 0 heterocycles. The third-order valence-corrected chi connectivity index (χ3v) is 2.47. The number of nitrogens with one attached hydrogen (secondary N) is 1. The summed E-state index contributed by atoms with van der Waals surface area (Å²) >= 11 is 0. The molecule has 1 rings (SSSR count). The zero-order valence-corrected chi connectivity index (χ0v) is 10.7. The van der Waals surface area contributed by atoms with Gasteiger partial charge in [-0.25, -0.2) is 0 Å². The average molecular weight is 260 g/mol. The molecule has 1 aromatic carbocycles. The van der Waals surface area contributed by atoms with E-state index >= 15 is 0 Å². The van der Waals surface area contributed by atoms with Crippen molar-refractivity contribution in [1.29, 1.82) is 0 Å². The van der Waals surface area contributed by atoms with Crippen LogP contribution in [0.15, 0.2) is 24.3 Å². The third kappa shape index (κ3) is 6.02. The van der Waals surface area contributed by atoms with Crippen molar-refractivity contribution in [1.82, 2.24) is 10.2 Å². The van der Waals surface area contributed by atoms with Gasteiger partial charge in [-0.1, -0.05) is 31.2 Å². The van der Waals surface area contributed by atoms with Gasteiger partial charge < -0.3 is 5.32 Å². The highest BCUT2D eigenvalue weighted by molar-refractivity contribution is 5.23. The fourth-order valence-electron chi connectivity index (χ4n) is 1.78. The Balaban J connectivity index is 2.56. The molecule has 0 aliphatic heterocycles. The monoisotopic (exact) mass is 260 g/mol. The van der Waals surface area contributed by atoms with E-state index in [-0.39, 0.29) is 0 Å². The van der Waals surface area contributed by atoms with Gasteiger partial charge in [0.25, 0.3) is 0 Å². The highest BCUT2D eigenvalue weighted by Crippen LogP contribution is 2.17. The molecule has 0 aliphatic rings. The molecule has 1 N–H and O–H groups in total. The van der Waals surface area contributed by atoms with Crippen molar-refractivity contribution in [3.63, 3.8) is 0 Å². The molecule has 0 aliphatic carbocycles. The number of rotatable bonds is 6. The maximum absolute atomic E-state index is 12.2. The number of nitrogens with zero attached hydrogens (tertiary/aromatic N) is 1. The molecule has 2 nitrogen and oxygen atoms in total. The van der Waals surface area contributed by atoms with Gasteiger partial charge in [0.05, 0.1) is 6.54 Å². The van der Waals surface area contributed by atoms with Crippen LogP contribution < -0.4 is 5.32 Å². The van der Waals surface area contributed by atoms with E-state index in [1.54, 1.807) is 0 Å². The molecule has 0 unspecified atom stereocenters. The smallest absolute Gasteiger partial charge is 0.313 e. The van der Waals surface area contributed by atoms with Crippen molar-refractivity contribution in [3.05, 3.63) is 35.4 Å². The molecule has 0 aromatic heterocycles. The van der Waals surface area contributed by atoms with Crippen LogP contribution in [0.2, 0.25) is 0 Å². The summed E-state index contributed by atoms with van der Waals surface area (Å²) in [5.74, 6) is 0. The molecule has 0 spiro atoms. The SMILES string of the molecule is CCNCc1cccc(CN(C)CC(F)(F)F)c1. The van der Waals surface area contributed by atoms with Gasteiger partial charge in [-0.2, -0.15) is 13.2 Å². The lowest BCUT2D eigenvalue weighted by molar-refractivity contribution is -0.144. The summed E-state index contributed by atoms with van der Waals surface area (Å²) in [6.07, 6.45) is -4.14. The van der Waals surface area contributed by atoms with Gasteiger partial charge >= 0.3 is 6.18 Å². The molecule has 1 aromatic rings. The first kappa shape index (κ1) is 15.0. The van der Waals surface area contributed by atoms with Crippen molar-refractivity contribution >= 4 is 0 Å². The normalized spacial score (nSPS) is 12.1. The highest BCUT2D eigenvalue weighted by Gasteiger charge is 2.28. The average Bonchev–Trinajstić information content (AvgIpc) is 2.24. The lowest BCUT2D eigenvalue weighted by atomic mass is 10.1. The molecule has 0 fully saturated rings. The molecular weight excluding hydrogens is 241 g/mol. The van der Waals surface area contributed by atoms with E-state index in [1.165, 1.54) is 11.9 Å². The largest absolute Gasteiger partial charge is 0.401 e. The maximum Gasteiger partial charge on any atom is 0.401 e. The molecule has 0 saturated heterocycles. The van der Waals surface area contributed by atoms with Crippen LogP contribution in [0, 0.1) is 0 Å². The van der Waals surface area contributed by atoms with Gasteiger partial charge in [0, 0.05) is 13.1 Å². The standard InChI is InChI=1S/C13H19F3N2/c1-3-17-8-11-5-4-6-12(7-11)9-18(2)10-13(14,15)16/h4-7,17H,3,8-10H2,1-2H3. The van der Waals surface area contributed by atoms with Gasteiger partial charge in [0.2, 0.25) is 0 Å². The minimum Gasteiger partial charge on any atom is -0.313 e. The van der Waals surface area contributed by atoms with Crippen molar-refractivity contribution < 1.29 is 13.2 Å². The predicted octanol–water partition coefficient (Wildman–Crippen LogP) is 2.79. The molecule has 0 atom stereocenters. The van der Waals surface area contributed by atoms with Crippen molar-refractivity contribution in [2.45, 2.75) is 26.2 Å². The summed E-state index contributed by atoms with van der Waals surface area (Å²) in [5, 5.41) is 3.19. The van der Waals surface area contributed by atoms with Crippen LogP contribution in [0.5, 0.6) is 0 Å². The van der Waals surface area contributed by atoms with Crippen LogP contribution in [0.4, 0.5) is 13.2 Å². The van der Waals surface area contributed by atoms with E-state index in [0.29, 0.717) is 6.54 Å². The number of benzene rings is 1. The molecule has 0 bridgehead atoms. The maximum atomic E-state index is 12.2. The second-order valence-corrected chi connectivity index (χ2v) is 4.39. The van der Waals surface area contributed by atoms with Gasteiger partial charge in [-0.05, 0) is 24.7 Å². The Bertz CT molecular complexity index is 363. The zero-order valence-electron chi connectivity index (χ0n) is 10.7. The summed E-state index contributed by atoms with van der Waals surface area (Å²) in [6, 6.07) is 7.64. The number of alkyl halides is 3. The third-order valence-electron chi connectivity index (χ3n) is 2.47. The number of hydrogen-bond acceptors (Lipinski definition) is 2. The number of halogens is 3. The minimum atomic E-state index is -4.14. The Morgan fingerprint density at radius 1 is 1.22 bits per heavy atom. The van der Waals surface area contributed by atoms with Crippen LogP contribution in [0.25, 0.3) is 0 Å². The second kappa shape index (κ2) is 6.75. The molecule has 0 saturated carbocycles. The molecule has 102 valence electrons. The summed E-state index contributed by atoms with van der Waals surface area (Å²) in [4.78, 5) is 1.27. The second-order valence-electron chi connectivity index (χ2n) is 4.39. The van der Waals surface area contributed by atoms with Crippen LogP contribution in [-0.4, -0.2) is 31.2 Å². The van der Waals surface area contributed by atoms with Crippen LogP contribution in [-0.2, 0) is 13.1 Å². The predicted molar refractivity (Wildman–Crippen MR) is 66.2 cm³/mol. The summed E-state index contributed by atoms with van der Waals surface area (Å²) < 4.78 is 36.6. The summed E-state index contributed by atoms with van der Waals surface area (Å²) in [5.41, 5.74) is 1.99. The Kier molecular flexibility index (Phi) is 5.62. The fraction of sp³-hybridized carbons (Fsp3) is 0.538. The molecule has 0 radical (unpaired) electrons. The first-order valence-corrected chi connectivity index (χ1v) is 5.94. The van der Waals surface area contributed by atoms with Crippen LogP contribution in [0.3, 0.4) is 0 Å². The van der Waals surface area contributed by atoms with Crippen molar-refractivity contribution in [2.75, 3.05) is 20.1 Å². The Morgan fingerprint density at radius 3 is 2.50 bits per heavy atom. The first-order chi connectivity index (χ1) is 8.40. The Hall–Kier alpha value is -1.07. The van der Waals surface area contributed by atoms with E-state index in [2.05, 4.69) is 5.32 Å². The van der Waals surface area contributed by atoms with Gasteiger partial charge in [0.15, 0.2) is 0 Å². The fourth-order valence-corrected chi connectivity index (χ4v) is 1.78. The Labute approximate surface area is 106 Å². The zero-order chi connectivity index (χ0) is 13.6. The quantitative estimate of drug-likeness (QED) is 0.846. The lowest BCUT2D eigenvalue weighted by Crippen LogP contribution is -2.30. The Morgan fingerprint density at radius 2 is 1.89 bits per heavy atom. The van der Waals surface area contributed by atoms with E-state index in [0.717, 1.165) is 24.2 Å². The van der Waals surface area contributed by atoms with Gasteiger partial charge in [0.1, 0.15) is 0 Å². The van der Waals surface area contributed by atoms with Crippen molar-refractivity contribution in [2.24, 2.45) is 0 Å². The van der Waals surface area contributed by atoms with Crippen LogP contribution in [0.1, 0.15) is 18.1 Å². The molecular formula is C13H19F3N2. The number of hydrogen-bond donors (Lipinski definition) is 1. The molecule has 5 heteroatoms. The van der Waals surface area contributed by atoms with E-state index < -0.39 is 12.7 Å². The summed E-state index contributed by atoms with van der Waals surface area (Å²) in [7, 11) is 1.48. The van der Waals surface area contributed by atoms with E-state index in [9.17, 15) is 13.2 Å². The molecule has 0 amide bonds.